The van der Waals surface area contributed by atoms with E-state index in [2.05, 4.69) is 34.6 Å². The van der Waals surface area contributed by atoms with E-state index >= 15 is 0 Å². The second-order valence-electron chi connectivity index (χ2n) is 2.99. The molecule has 0 saturated heterocycles. The summed E-state index contributed by atoms with van der Waals surface area (Å²) in [6, 6.07) is 6.23. The van der Waals surface area contributed by atoms with Crippen molar-refractivity contribution >= 4 is 32.9 Å². The van der Waals surface area contributed by atoms with Crippen LogP contribution in [0.4, 0.5) is 5.13 Å². The first-order chi connectivity index (χ1) is 6.79. The van der Waals surface area contributed by atoms with Crippen LogP contribution in [0.5, 0.6) is 0 Å². The summed E-state index contributed by atoms with van der Waals surface area (Å²) in [5.41, 5.74) is 5.16. The van der Waals surface area contributed by atoms with E-state index in [1.165, 1.54) is 10.3 Å². The Balaban J connectivity index is 2.41. The van der Waals surface area contributed by atoms with Crippen molar-refractivity contribution in [1.82, 2.24) is 4.98 Å². The van der Waals surface area contributed by atoms with E-state index < -0.39 is 0 Å². The minimum Gasteiger partial charge on any atom is -0.253 e. The number of benzene rings is 1. The number of aromatic nitrogens is 1. The third-order valence-electron chi connectivity index (χ3n) is 1.83. The van der Waals surface area contributed by atoms with Crippen molar-refractivity contribution in [2.75, 3.05) is 5.43 Å². The molecule has 2 aromatic rings. The Labute approximate surface area is 86.5 Å². The smallest absolute Gasteiger partial charge is 0.204 e. The lowest BCUT2D eigenvalue weighted by molar-refractivity contribution is 1.31. The van der Waals surface area contributed by atoms with E-state index in [1.807, 2.05) is 13.0 Å². The maximum Gasteiger partial charge on any atom is 0.204 e. The Hall–Kier alpha value is -1.42. The summed E-state index contributed by atoms with van der Waals surface area (Å²) in [6.07, 6.45) is 1.71. The van der Waals surface area contributed by atoms with E-state index in [0.717, 1.165) is 10.6 Å². The lowest BCUT2D eigenvalue weighted by Gasteiger charge is -1.88. The summed E-state index contributed by atoms with van der Waals surface area (Å²) in [6.45, 7) is 3.95. The van der Waals surface area contributed by atoms with Gasteiger partial charge in [-0.25, -0.2) is 4.98 Å². The Bertz CT molecular complexity index is 473. The van der Waals surface area contributed by atoms with Crippen molar-refractivity contribution in [3.05, 3.63) is 23.8 Å². The molecular weight excluding hydrogens is 194 g/mol. The first-order valence-electron chi connectivity index (χ1n) is 4.40. The van der Waals surface area contributed by atoms with Crippen molar-refractivity contribution in [3.8, 4) is 0 Å². The van der Waals surface area contributed by atoms with Crippen molar-refractivity contribution in [3.63, 3.8) is 0 Å². The average molecular weight is 205 g/mol. The van der Waals surface area contributed by atoms with Crippen molar-refractivity contribution in [2.24, 2.45) is 5.10 Å². The normalized spacial score (nSPS) is 11.3. The lowest BCUT2D eigenvalue weighted by atomic mass is 10.2. The number of nitrogens with one attached hydrogen (secondary N) is 1. The quantitative estimate of drug-likeness (QED) is 0.604. The molecule has 0 atom stereocenters. The van der Waals surface area contributed by atoms with E-state index in [1.54, 1.807) is 17.6 Å². The molecule has 0 aliphatic carbocycles. The fraction of sp³-hybridized carbons (Fsp3) is 0.200. The number of fused-ring (bicyclic) bond motifs is 1. The summed E-state index contributed by atoms with van der Waals surface area (Å²) in [7, 11) is 0. The molecular formula is C10H11N3S. The van der Waals surface area contributed by atoms with Crippen LogP contribution in [0.2, 0.25) is 0 Å². The van der Waals surface area contributed by atoms with Crippen LogP contribution in [0.1, 0.15) is 12.5 Å². The first-order valence-corrected chi connectivity index (χ1v) is 5.22. The molecule has 0 radical (unpaired) electrons. The van der Waals surface area contributed by atoms with Crippen LogP contribution in [0, 0.1) is 6.92 Å². The summed E-state index contributed by atoms with van der Waals surface area (Å²) in [4.78, 5) is 4.38. The van der Waals surface area contributed by atoms with Crippen LogP contribution in [0.25, 0.3) is 10.2 Å². The highest BCUT2D eigenvalue weighted by Crippen LogP contribution is 2.26. The molecule has 2 rings (SSSR count). The van der Waals surface area contributed by atoms with E-state index in [4.69, 9.17) is 0 Å². The number of hydrazone groups is 1. The molecule has 0 fully saturated rings. The standard InChI is InChI=1S/C10H11N3S/c1-3-11-13-10-12-8-5-4-7(2)6-9(8)14-10/h3-6H,1-2H3,(H,12,13)/b11-3-. The Morgan fingerprint density at radius 2 is 2.36 bits per heavy atom. The van der Waals surface area contributed by atoms with Gasteiger partial charge in [0.2, 0.25) is 5.13 Å². The van der Waals surface area contributed by atoms with Gasteiger partial charge in [0.05, 0.1) is 10.2 Å². The lowest BCUT2D eigenvalue weighted by Crippen LogP contribution is -1.85. The molecule has 1 N–H and O–H groups in total. The molecule has 72 valence electrons. The molecule has 14 heavy (non-hydrogen) atoms. The van der Waals surface area contributed by atoms with Crippen molar-refractivity contribution in [2.45, 2.75) is 13.8 Å². The second kappa shape index (κ2) is 3.75. The van der Waals surface area contributed by atoms with Crippen molar-refractivity contribution < 1.29 is 0 Å². The van der Waals surface area contributed by atoms with Crippen LogP contribution in [-0.2, 0) is 0 Å². The molecule has 1 aromatic carbocycles. The molecule has 0 amide bonds. The summed E-state index contributed by atoms with van der Waals surface area (Å²) in [5.74, 6) is 0. The molecule has 0 spiro atoms. The highest BCUT2D eigenvalue weighted by molar-refractivity contribution is 7.22. The molecule has 0 aliphatic heterocycles. The largest absolute Gasteiger partial charge is 0.253 e. The van der Waals surface area contributed by atoms with Crippen LogP contribution < -0.4 is 5.43 Å². The average Bonchev–Trinajstić information content (AvgIpc) is 2.56. The monoisotopic (exact) mass is 205 g/mol. The Morgan fingerprint density at radius 3 is 3.14 bits per heavy atom. The van der Waals surface area contributed by atoms with Gasteiger partial charge in [-0.1, -0.05) is 17.4 Å². The summed E-state index contributed by atoms with van der Waals surface area (Å²) in [5, 5.41) is 4.77. The summed E-state index contributed by atoms with van der Waals surface area (Å²) >= 11 is 1.62. The Morgan fingerprint density at radius 1 is 1.50 bits per heavy atom. The Kier molecular flexibility index (Phi) is 2.45. The molecule has 4 heteroatoms. The van der Waals surface area contributed by atoms with Gasteiger partial charge in [0.15, 0.2) is 0 Å². The van der Waals surface area contributed by atoms with Gasteiger partial charge in [-0.15, -0.1) is 0 Å². The summed E-state index contributed by atoms with van der Waals surface area (Å²) < 4.78 is 1.19. The number of nitrogens with zero attached hydrogens (tertiary/aromatic N) is 2. The zero-order valence-corrected chi connectivity index (χ0v) is 8.93. The van der Waals surface area contributed by atoms with Crippen LogP contribution in [0.15, 0.2) is 23.3 Å². The number of hydrogen-bond donors (Lipinski definition) is 1. The third-order valence-corrected chi connectivity index (χ3v) is 2.76. The number of rotatable bonds is 2. The van der Waals surface area contributed by atoms with Crippen molar-refractivity contribution in [1.29, 1.82) is 0 Å². The fourth-order valence-corrected chi connectivity index (χ4v) is 2.11. The minimum atomic E-state index is 0.837. The number of aryl methyl sites for hydroxylation is 1. The fourth-order valence-electron chi connectivity index (χ4n) is 1.20. The third kappa shape index (κ3) is 1.75. The van der Waals surface area contributed by atoms with Gasteiger partial charge in [-0.2, -0.15) is 5.10 Å². The zero-order valence-electron chi connectivity index (χ0n) is 8.11. The minimum absolute atomic E-state index is 0.837. The van der Waals surface area contributed by atoms with Gasteiger partial charge in [-0.3, -0.25) is 5.43 Å². The molecule has 3 nitrogen and oxygen atoms in total. The molecule has 0 saturated carbocycles. The maximum absolute atomic E-state index is 4.38. The molecule has 1 aromatic heterocycles. The predicted octanol–water partition coefficient (Wildman–Crippen LogP) is 3.02. The number of anilines is 1. The van der Waals surface area contributed by atoms with Gasteiger partial charge < -0.3 is 0 Å². The van der Waals surface area contributed by atoms with Gasteiger partial charge in [-0.05, 0) is 31.5 Å². The molecule has 1 heterocycles. The van der Waals surface area contributed by atoms with Crippen LogP contribution in [-0.4, -0.2) is 11.2 Å². The highest BCUT2D eigenvalue weighted by Gasteiger charge is 2.01. The predicted molar refractivity (Wildman–Crippen MR) is 62.1 cm³/mol. The van der Waals surface area contributed by atoms with Gasteiger partial charge >= 0.3 is 0 Å². The zero-order chi connectivity index (χ0) is 9.97. The maximum atomic E-state index is 4.38. The van der Waals surface area contributed by atoms with Crippen LogP contribution >= 0.6 is 11.3 Å². The number of thiazole rings is 1. The molecule has 0 aliphatic rings. The van der Waals surface area contributed by atoms with E-state index in [-0.39, 0.29) is 0 Å². The topological polar surface area (TPSA) is 37.3 Å². The van der Waals surface area contributed by atoms with Gasteiger partial charge in [0.25, 0.3) is 0 Å². The molecule has 0 bridgehead atoms. The second-order valence-corrected chi connectivity index (χ2v) is 4.02. The molecule has 0 unspecified atom stereocenters. The van der Waals surface area contributed by atoms with Gasteiger partial charge in [0, 0.05) is 6.21 Å². The number of hydrogen-bond acceptors (Lipinski definition) is 4. The van der Waals surface area contributed by atoms with E-state index in [9.17, 15) is 0 Å². The van der Waals surface area contributed by atoms with Crippen LogP contribution in [0.3, 0.4) is 0 Å². The van der Waals surface area contributed by atoms with E-state index in [0.29, 0.717) is 0 Å². The highest BCUT2D eigenvalue weighted by atomic mass is 32.1. The SMILES string of the molecule is C/C=N\Nc1nc2ccc(C)cc2s1. The first kappa shape index (κ1) is 9.15. The van der Waals surface area contributed by atoms with Gasteiger partial charge in [0.1, 0.15) is 0 Å².